The predicted molar refractivity (Wildman–Crippen MR) is 120 cm³/mol. The van der Waals surface area contributed by atoms with Crippen LogP contribution in [-0.2, 0) is 5.75 Å². The van der Waals surface area contributed by atoms with Gasteiger partial charge >= 0.3 is 0 Å². The summed E-state index contributed by atoms with van der Waals surface area (Å²) in [5.74, 6) is 8.84. The molecular formula is C23H22N4O2S. The van der Waals surface area contributed by atoms with Gasteiger partial charge in [0.2, 0.25) is 5.16 Å². The maximum atomic E-state index is 6.26. The van der Waals surface area contributed by atoms with Crippen molar-refractivity contribution >= 4 is 11.8 Å². The van der Waals surface area contributed by atoms with Crippen LogP contribution in [0.25, 0.3) is 22.5 Å². The number of nitrogens with zero attached hydrogens (tertiary/aromatic N) is 3. The van der Waals surface area contributed by atoms with Gasteiger partial charge in [-0.05, 0) is 34.9 Å². The summed E-state index contributed by atoms with van der Waals surface area (Å²) in [6, 6.07) is 24.4. The van der Waals surface area contributed by atoms with Crippen LogP contribution < -0.4 is 15.3 Å². The fraction of sp³-hybridized carbons (Fsp3) is 0.130. The van der Waals surface area contributed by atoms with E-state index in [0.717, 1.165) is 11.3 Å². The summed E-state index contributed by atoms with van der Waals surface area (Å²) in [6.45, 7) is 0. The number of thioether (sulfide) groups is 1. The van der Waals surface area contributed by atoms with E-state index in [1.807, 2.05) is 36.4 Å². The fourth-order valence-electron chi connectivity index (χ4n) is 3.12. The van der Waals surface area contributed by atoms with Gasteiger partial charge in [-0.15, -0.1) is 10.2 Å². The van der Waals surface area contributed by atoms with Crippen molar-refractivity contribution in [3.05, 3.63) is 78.4 Å². The van der Waals surface area contributed by atoms with Crippen molar-refractivity contribution in [3.63, 3.8) is 0 Å². The number of hydrogen-bond acceptors (Lipinski definition) is 6. The molecule has 4 rings (SSSR count). The van der Waals surface area contributed by atoms with Crippen molar-refractivity contribution in [1.29, 1.82) is 0 Å². The molecular weight excluding hydrogens is 396 g/mol. The molecule has 30 heavy (non-hydrogen) atoms. The zero-order valence-electron chi connectivity index (χ0n) is 16.8. The minimum absolute atomic E-state index is 0.567. The lowest BCUT2D eigenvalue weighted by atomic mass is 10.0. The second-order valence-corrected chi connectivity index (χ2v) is 7.54. The molecule has 0 aliphatic heterocycles. The first-order valence-electron chi connectivity index (χ1n) is 9.39. The summed E-state index contributed by atoms with van der Waals surface area (Å²) in [4.78, 5) is 0. The van der Waals surface area contributed by atoms with Gasteiger partial charge in [0.15, 0.2) is 17.3 Å². The predicted octanol–water partition coefficient (Wildman–Crippen LogP) is 4.64. The summed E-state index contributed by atoms with van der Waals surface area (Å²) in [7, 11) is 3.20. The quantitative estimate of drug-likeness (QED) is 0.348. The first-order chi connectivity index (χ1) is 14.7. The van der Waals surface area contributed by atoms with Crippen LogP contribution in [-0.4, -0.2) is 29.1 Å². The molecule has 0 aliphatic rings. The lowest BCUT2D eigenvalue weighted by Gasteiger charge is -2.09. The maximum Gasteiger partial charge on any atom is 0.210 e. The average molecular weight is 419 g/mol. The lowest BCUT2D eigenvalue weighted by molar-refractivity contribution is 0.355. The Morgan fingerprint density at radius 2 is 1.47 bits per heavy atom. The molecule has 1 aromatic heterocycles. The van der Waals surface area contributed by atoms with Gasteiger partial charge in [-0.2, -0.15) is 0 Å². The summed E-state index contributed by atoms with van der Waals surface area (Å²) in [5.41, 5.74) is 4.40. The third kappa shape index (κ3) is 4.11. The highest BCUT2D eigenvalue weighted by Gasteiger charge is 2.15. The largest absolute Gasteiger partial charge is 0.493 e. The molecule has 152 valence electrons. The van der Waals surface area contributed by atoms with Gasteiger partial charge in [0.05, 0.1) is 14.2 Å². The van der Waals surface area contributed by atoms with Crippen molar-refractivity contribution in [1.82, 2.24) is 14.9 Å². The van der Waals surface area contributed by atoms with Gasteiger partial charge in [0, 0.05) is 11.3 Å². The van der Waals surface area contributed by atoms with Crippen molar-refractivity contribution in [2.24, 2.45) is 0 Å². The van der Waals surface area contributed by atoms with E-state index in [2.05, 4.69) is 46.6 Å². The molecule has 0 saturated carbocycles. The molecule has 0 saturated heterocycles. The molecule has 1 heterocycles. The minimum atomic E-state index is 0.567. The molecule has 4 aromatic rings. The van der Waals surface area contributed by atoms with Crippen LogP contribution in [0.3, 0.4) is 0 Å². The minimum Gasteiger partial charge on any atom is -0.493 e. The Morgan fingerprint density at radius 3 is 2.17 bits per heavy atom. The molecule has 6 nitrogen and oxygen atoms in total. The van der Waals surface area contributed by atoms with E-state index in [4.69, 9.17) is 15.3 Å². The molecule has 0 unspecified atom stereocenters. The topological polar surface area (TPSA) is 75.2 Å². The zero-order chi connectivity index (χ0) is 20.9. The number of benzene rings is 3. The number of rotatable bonds is 7. The van der Waals surface area contributed by atoms with Crippen LogP contribution in [0.5, 0.6) is 11.5 Å². The van der Waals surface area contributed by atoms with E-state index in [9.17, 15) is 0 Å². The van der Waals surface area contributed by atoms with Crippen molar-refractivity contribution < 1.29 is 9.47 Å². The summed E-state index contributed by atoms with van der Waals surface area (Å²) < 4.78 is 12.2. The lowest BCUT2D eigenvalue weighted by Crippen LogP contribution is -2.11. The van der Waals surface area contributed by atoms with E-state index in [1.165, 1.54) is 21.4 Å². The van der Waals surface area contributed by atoms with E-state index >= 15 is 0 Å². The number of ether oxygens (including phenoxy) is 2. The molecule has 0 atom stereocenters. The van der Waals surface area contributed by atoms with Gasteiger partial charge in [-0.1, -0.05) is 66.4 Å². The first kappa shape index (κ1) is 19.8. The van der Waals surface area contributed by atoms with Gasteiger partial charge in [0.1, 0.15) is 0 Å². The molecule has 0 amide bonds. The maximum absolute atomic E-state index is 6.26. The van der Waals surface area contributed by atoms with Crippen molar-refractivity contribution in [2.45, 2.75) is 10.9 Å². The van der Waals surface area contributed by atoms with E-state index in [1.54, 1.807) is 26.0 Å². The average Bonchev–Trinajstić information content (AvgIpc) is 3.18. The normalized spacial score (nSPS) is 10.7. The molecule has 3 aromatic carbocycles. The summed E-state index contributed by atoms with van der Waals surface area (Å²) in [6.07, 6.45) is 0. The SMILES string of the molecule is COc1ccc(-c2nnc(SCc3ccc(-c4ccccc4)cc3)n2N)cc1OC. The smallest absolute Gasteiger partial charge is 0.210 e. The van der Waals surface area contributed by atoms with Crippen LogP contribution in [0.2, 0.25) is 0 Å². The van der Waals surface area contributed by atoms with E-state index < -0.39 is 0 Å². The van der Waals surface area contributed by atoms with Gasteiger partial charge < -0.3 is 15.3 Å². The summed E-state index contributed by atoms with van der Waals surface area (Å²) in [5, 5.41) is 9.15. The molecule has 0 aliphatic carbocycles. The number of aromatic nitrogens is 3. The van der Waals surface area contributed by atoms with Crippen LogP contribution in [0.4, 0.5) is 0 Å². The number of nitrogen functional groups attached to an aromatic ring is 1. The highest BCUT2D eigenvalue weighted by molar-refractivity contribution is 7.98. The molecule has 0 radical (unpaired) electrons. The Bertz CT molecular complexity index is 1130. The Balaban J connectivity index is 1.47. The molecule has 0 bridgehead atoms. The second-order valence-electron chi connectivity index (χ2n) is 6.60. The highest BCUT2D eigenvalue weighted by Crippen LogP contribution is 2.32. The van der Waals surface area contributed by atoms with Gasteiger partial charge in [-0.25, -0.2) is 4.68 Å². The Morgan fingerprint density at radius 1 is 0.800 bits per heavy atom. The third-order valence-corrected chi connectivity index (χ3v) is 5.75. The number of hydrogen-bond donors (Lipinski definition) is 1. The summed E-state index contributed by atoms with van der Waals surface area (Å²) >= 11 is 1.54. The van der Waals surface area contributed by atoms with Crippen molar-refractivity contribution in [2.75, 3.05) is 20.1 Å². The van der Waals surface area contributed by atoms with Crippen LogP contribution in [0.1, 0.15) is 5.56 Å². The Kier molecular flexibility index (Phi) is 5.90. The van der Waals surface area contributed by atoms with Crippen molar-refractivity contribution in [3.8, 4) is 34.0 Å². The fourth-order valence-corrected chi connectivity index (χ4v) is 3.93. The molecule has 2 N–H and O–H groups in total. The zero-order valence-corrected chi connectivity index (χ0v) is 17.6. The Hall–Kier alpha value is -3.45. The third-order valence-electron chi connectivity index (χ3n) is 4.74. The first-order valence-corrected chi connectivity index (χ1v) is 10.4. The van der Waals surface area contributed by atoms with E-state index in [0.29, 0.717) is 22.5 Å². The molecule has 0 fully saturated rings. The Labute approximate surface area is 179 Å². The molecule has 0 spiro atoms. The molecule has 7 heteroatoms. The second kappa shape index (κ2) is 8.92. The monoisotopic (exact) mass is 418 g/mol. The van der Waals surface area contributed by atoms with Crippen LogP contribution in [0, 0.1) is 0 Å². The van der Waals surface area contributed by atoms with Gasteiger partial charge in [0.25, 0.3) is 0 Å². The van der Waals surface area contributed by atoms with Gasteiger partial charge in [-0.3, -0.25) is 0 Å². The number of methoxy groups -OCH3 is 2. The van der Waals surface area contributed by atoms with Crippen LogP contribution in [0.15, 0.2) is 78.0 Å². The number of nitrogens with two attached hydrogens (primary N) is 1. The highest BCUT2D eigenvalue weighted by atomic mass is 32.2. The van der Waals surface area contributed by atoms with E-state index in [-0.39, 0.29) is 0 Å². The van der Waals surface area contributed by atoms with Crippen LogP contribution >= 0.6 is 11.8 Å². The standard InChI is InChI=1S/C23H22N4O2S/c1-28-20-13-12-19(14-21(20)29-2)22-25-26-23(27(22)24)30-15-16-8-10-18(11-9-16)17-6-4-3-5-7-17/h3-14H,15,24H2,1-2H3.